The Kier molecular flexibility index (Phi) is 4.85. The Bertz CT molecular complexity index is 895. The van der Waals surface area contributed by atoms with Crippen LogP contribution in [-0.4, -0.2) is 14.5 Å². The predicted molar refractivity (Wildman–Crippen MR) is 98.4 cm³/mol. The lowest BCUT2D eigenvalue weighted by Crippen LogP contribution is -2.02. The van der Waals surface area contributed by atoms with Crippen LogP contribution in [0.25, 0.3) is 0 Å². The molecule has 7 nitrogen and oxygen atoms in total. The zero-order valence-corrected chi connectivity index (χ0v) is 14.2. The van der Waals surface area contributed by atoms with Crippen LogP contribution in [0.2, 0.25) is 5.02 Å². The molecule has 0 saturated heterocycles. The van der Waals surface area contributed by atoms with Crippen molar-refractivity contribution in [3.8, 4) is 0 Å². The number of aromatic nitrogens is 2. The summed E-state index contributed by atoms with van der Waals surface area (Å²) in [4.78, 5) is 14.3. The van der Waals surface area contributed by atoms with Crippen molar-refractivity contribution < 1.29 is 4.92 Å². The van der Waals surface area contributed by atoms with Crippen molar-refractivity contribution in [2.24, 2.45) is 7.05 Å². The number of nitrogens with one attached hydrogen (secondary N) is 2. The highest BCUT2D eigenvalue weighted by molar-refractivity contribution is 6.33. The smallest absolute Gasteiger partial charge is 0.380 e. The zero-order valence-electron chi connectivity index (χ0n) is 13.4. The molecule has 0 aliphatic carbocycles. The Balaban J connectivity index is 1.74. The molecule has 0 bridgehead atoms. The Hall–Kier alpha value is -3.06. The first-order chi connectivity index (χ1) is 12.0. The number of benzene rings is 2. The number of anilines is 3. The highest BCUT2D eigenvalue weighted by Gasteiger charge is 2.20. The maximum Gasteiger partial charge on any atom is 0.406 e. The van der Waals surface area contributed by atoms with E-state index in [-0.39, 0.29) is 5.82 Å². The zero-order chi connectivity index (χ0) is 17.8. The van der Waals surface area contributed by atoms with Gasteiger partial charge in [0.1, 0.15) is 0 Å². The second kappa shape index (κ2) is 7.23. The van der Waals surface area contributed by atoms with E-state index in [0.29, 0.717) is 23.1 Å². The summed E-state index contributed by atoms with van der Waals surface area (Å²) in [7, 11) is 1.68. The standard InChI is InChI=1S/C17H16ClN5O2/c1-22-11-20-16(23(24)25)17(22)21-13-7-8-15(14(18)9-13)19-10-12-5-3-2-4-6-12/h2-9,11,19,21H,10H2,1H3. The highest BCUT2D eigenvalue weighted by Crippen LogP contribution is 2.30. The Morgan fingerprint density at radius 2 is 2.00 bits per heavy atom. The van der Waals surface area contributed by atoms with E-state index in [2.05, 4.69) is 15.6 Å². The van der Waals surface area contributed by atoms with E-state index >= 15 is 0 Å². The maximum absolute atomic E-state index is 11.0. The molecule has 1 heterocycles. The number of imidazole rings is 1. The van der Waals surface area contributed by atoms with Gasteiger partial charge in [-0.1, -0.05) is 41.9 Å². The second-order valence-electron chi connectivity index (χ2n) is 5.44. The number of rotatable bonds is 6. The molecule has 0 aliphatic heterocycles. The number of halogens is 1. The molecule has 0 spiro atoms. The van der Waals surface area contributed by atoms with Gasteiger partial charge in [-0.25, -0.2) is 0 Å². The molecule has 3 rings (SSSR count). The molecule has 25 heavy (non-hydrogen) atoms. The molecule has 0 unspecified atom stereocenters. The first-order valence-electron chi connectivity index (χ1n) is 7.54. The van der Waals surface area contributed by atoms with Gasteiger partial charge in [0.2, 0.25) is 12.1 Å². The van der Waals surface area contributed by atoms with E-state index < -0.39 is 4.92 Å². The molecular formula is C17H16ClN5O2. The number of nitro groups is 1. The first-order valence-corrected chi connectivity index (χ1v) is 7.92. The van der Waals surface area contributed by atoms with Crippen molar-refractivity contribution in [2.45, 2.75) is 6.54 Å². The lowest BCUT2D eigenvalue weighted by molar-refractivity contribution is -0.388. The van der Waals surface area contributed by atoms with Gasteiger partial charge in [-0.05, 0) is 33.7 Å². The summed E-state index contributed by atoms with van der Waals surface area (Å²) in [6, 6.07) is 15.3. The normalized spacial score (nSPS) is 10.5. The van der Waals surface area contributed by atoms with Crippen LogP contribution < -0.4 is 10.6 Å². The first kappa shape index (κ1) is 16.8. The topological polar surface area (TPSA) is 85.0 Å². The van der Waals surface area contributed by atoms with Crippen LogP contribution in [0.1, 0.15) is 5.56 Å². The second-order valence-corrected chi connectivity index (χ2v) is 5.85. The molecule has 0 amide bonds. The van der Waals surface area contributed by atoms with E-state index in [0.717, 1.165) is 11.3 Å². The molecular weight excluding hydrogens is 342 g/mol. The number of hydrogen-bond donors (Lipinski definition) is 2. The lowest BCUT2D eigenvalue weighted by atomic mass is 10.2. The number of nitrogens with zero attached hydrogens (tertiary/aromatic N) is 3. The highest BCUT2D eigenvalue weighted by atomic mass is 35.5. The van der Waals surface area contributed by atoms with Gasteiger partial charge in [0.25, 0.3) is 0 Å². The molecule has 128 valence electrons. The van der Waals surface area contributed by atoms with Crippen LogP contribution in [0.5, 0.6) is 0 Å². The summed E-state index contributed by atoms with van der Waals surface area (Å²) < 4.78 is 1.55. The van der Waals surface area contributed by atoms with Crippen molar-refractivity contribution in [1.82, 2.24) is 9.55 Å². The third kappa shape index (κ3) is 3.89. The van der Waals surface area contributed by atoms with Crippen molar-refractivity contribution in [3.63, 3.8) is 0 Å². The summed E-state index contributed by atoms with van der Waals surface area (Å²) >= 11 is 6.32. The average Bonchev–Trinajstić information content (AvgIpc) is 2.96. The largest absolute Gasteiger partial charge is 0.406 e. The van der Waals surface area contributed by atoms with Gasteiger partial charge in [0.05, 0.1) is 10.7 Å². The number of hydrogen-bond acceptors (Lipinski definition) is 5. The fourth-order valence-electron chi connectivity index (χ4n) is 2.36. The van der Waals surface area contributed by atoms with E-state index in [4.69, 9.17) is 11.6 Å². The van der Waals surface area contributed by atoms with E-state index in [9.17, 15) is 10.1 Å². The molecule has 2 aromatic carbocycles. The quantitative estimate of drug-likeness (QED) is 0.506. The van der Waals surface area contributed by atoms with Crippen LogP contribution in [0.4, 0.5) is 23.0 Å². The summed E-state index contributed by atoms with van der Waals surface area (Å²) in [5.74, 6) is 0.0657. The molecule has 3 aromatic rings. The summed E-state index contributed by atoms with van der Waals surface area (Å²) in [6.45, 7) is 0.653. The van der Waals surface area contributed by atoms with Gasteiger partial charge in [-0.15, -0.1) is 0 Å². The van der Waals surface area contributed by atoms with Gasteiger partial charge in [-0.3, -0.25) is 4.57 Å². The molecule has 8 heteroatoms. The third-order valence-electron chi connectivity index (χ3n) is 3.65. The van der Waals surface area contributed by atoms with E-state index in [1.54, 1.807) is 23.7 Å². The third-order valence-corrected chi connectivity index (χ3v) is 3.96. The summed E-state index contributed by atoms with van der Waals surface area (Å²) in [5.41, 5.74) is 2.57. The van der Waals surface area contributed by atoms with Crippen LogP contribution in [0.15, 0.2) is 54.9 Å². The van der Waals surface area contributed by atoms with Gasteiger partial charge in [0.15, 0.2) is 0 Å². The van der Waals surface area contributed by atoms with Crippen LogP contribution in [-0.2, 0) is 13.6 Å². The van der Waals surface area contributed by atoms with Gasteiger partial charge >= 0.3 is 5.82 Å². The van der Waals surface area contributed by atoms with Gasteiger partial charge in [-0.2, -0.15) is 0 Å². The molecule has 2 N–H and O–H groups in total. The predicted octanol–water partition coefficient (Wildman–Crippen LogP) is 4.34. The Morgan fingerprint density at radius 1 is 1.24 bits per heavy atom. The molecule has 0 radical (unpaired) electrons. The van der Waals surface area contributed by atoms with Crippen molar-refractivity contribution in [2.75, 3.05) is 10.6 Å². The van der Waals surface area contributed by atoms with E-state index in [1.807, 2.05) is 36.4 Å². The monoisotopic (exact) mass is 357 g/mol. The molecule has 0 saturated carbocycles. The number of aryl methyl sites for hydroxylation is 1. The Morgan fingerprint density at radius 3 is 2.68 bits per heavy atom. The van der Waals surface area contributed by atoms with Crippen LogP contribution in [0, 0.1) is 10.1 Å². The van der Waals surface area contributed by atoms with Gasteiger partial charge in [0, 0.05) is 19.3 Å². The Labute approximate surface area is 149 Å². The van der Waals surface area contributed by atoms with E-state index in [1.165, 1.54) is 6.33 Å². The molecule has 0 aliphatic rings. The maximum atomic E-state index is 11.0. The fourth-order valence-corrected chi connectivity index (χ4v) is 2.61. The molecule has 1 aromatic heterocycles. The van der Waals surface area contributed by atoms with Crippen LogP contribution >= 0.6 is 11.6 Å². The summed E-state index contributed by atoms with van der Waals surface area (Å²) in [5, 5.41) is 17.8. The van der Waals surface area contributed by atoms with Crippen molar-refractivity contribution in [1.29, 1.82) is 0 Å². The fraction of sp³-hybridized carbons (Fsp3) is 0.118. The average molecular weight is 358 g/mol. The SMILES string of the molecule is Cn1cnc([N+](=O)[O-])c1Nc1ccc(NCc2ccccc2)c(Cl)c1. The molecule has 0 fully saturated rings. The van der Waals surface area contributed by atoms with Crippen LogP contribution in [0.3, 0.4) is 0 Å². The van der Waals surface area contributed by atoms with Crippen molar-refractivity contribution >= 4 is 34.6 Å². The summed E-state index contributed by atoms with van der Waals surface area (Å²) in [6.07, 6.45) is 1.39. The lowest BCUT2D eigenvalue weighted by Gasteiger charge is -2.11. The minimum absolute atomic E-state index is 0.232. The van der Waals surface area contributed by atoms with Crippen molar-refractivity contribution in [3.05, 3.63) is 75.6 Å². The minimum atomic E-state index is -0.528. The molecule has 0 atom stereocenters. The van der Waals surface area contributed by atoms with Gasteiger partial charge < -0.3 is 20.7 Å². The minimum Gasteiger partial charge on any atom is -0.380 e.